The van der Waals surface area contributed by atoms with Gasteiger partial charge in [-0.3, -0.25) is 9.59 Å². The number of halogens is 3. The highest BCUT2D eigenvalue weighted by atomic mass is 79.9. The molecule has 3 aromatic rings. The average molecular weight is 593 g/mol. The monoisotopic (exact) mass is 591 g/mol. The Morgan fingerprint density at radius 1 is 1.00 bits per heavy atom. The Labute approximate surface area is 227 Å². The number of hydrogen-bond acceptors (Lipinski definition) is 5. The number of carbonyl (C=O) groups is 2. The first-order chi connectivity index (χ1) is 17.4. The van der Waals surface area contributed by atoms with E-state index in [-0.39, 0.29) is 25.4 Å². The van der Waals surface area contributed by atoms with Gasteiger partial charge in [-0.1, -0.05) is 47.5 Å². The lowest BCUT2D eigenvalue weighted by Gasteiger charge is -2.15. The van der Waals surface area contributed by atoms with Crippen molar-refractivity contribution in [1.82, 2.24) is 5.43 Å². The number of hydrogen-bond donors (Lipinski definition) is 2. The van der Waals surface area contributed by atoms with Crippen LogP contribution >= 0.6 is 39.1 Å². The lowest BCUT2D eigenvalue weighted by Crippen LogP contribution is -2.20. The molecule has 3 rings (SSSR count). The van der Waals surface area contributed by atoms with E-state index in [4.69, 9.17) is 32.7 Å². The molecular formula is C26H24BrCl2N3O4. The number of ether oxygens (including phenoxy) is 2. The molecule has 188 valence electrons. The molecule has 0 fully saturated rings. The van der Waals surface area contributed by atoms with Crippen molar-refractivity contribution < 1.29 is 19.1 Å². The average Bonchev–Trinajstić information content (AvgIpc) is 2.83. The summed E-state index contributed by atoms with van der Waals surface area (Å²) in [6.07, 6.45) is 1.47. The van der Waals surface area contributed by atoms with Crippen LogP contribution in [0, 0.1) is 0 Å². The number of nitrogens with zero attached hydrogens (tertiary/aromatic N) is 1. The third-order valence-electron chi connectivity index (χ3n) is 4.75. The highest BCUT2D eigenvalue weighted by Crippen LogP contribution is 2.37. The number of nitrogens with one attached hydrogen (secondary N) is 2. The summed E-state index contributed by atoms with van der Waals surface area (Å²) in [6, 6.07) is 17.8. The molecule has 0 aromatic heterocycles. The maximum absolute atomic E-state index is 12.1. The highest BCUT2D eigenvalue weighted by molar-refractivity contribution is 9.10. The molecule has 10 heteroatoms. The van der Waals surface area contributed by atoms with Crippen LogP contribution in [-0.4, -0.2) is 24.6 Å². The van der Waals surface area contributed by atoms with Gasteiger partial charge in [-0.05, 0) is 64.8 Å². The minimum absolute atomic E-state index is 0.00533. The fourth-order valence-electron chi connectivity index (χ4n) is 3.08. The van der Waals surface area contributed by atoms with E-state index in [1.165, 1.54) is 6.21 Å². The van der Waals surface area contributed by atoms with Gasteiger partial charge in [0, 0.05) is 34.1 Å². The van der Waals surface area contributed by atoms with E-state index in [1.807, 2.05) is 25.1 Å². The van der Waals surface area contributed by atoms with Gasteiger partial charge >= 0.3 is 0 Å². The van der Waals surface area contributed by atoms with Gasteiger partial charge in [-0.15, -0.1) is 0 Å². The second kappa shape index (κ2) is 13.9. The van der Waals surface area contributed by atoms with E-state index in [2.05, 4.69) is 31.8 Å². The molecule has 2 N–H and O–H groups in total. The van der Waals surface area contributed by atoms with E-state index in [1.54, 1.807) is 42.5 Å². The Hall–Kier alpha value is -3.07. The summed E-state index contributed by atoms with van der Waals surface area (Å²) in [7, 11) is 0. The second-order valence-electron chi connectivity index (χ2n) is 7.49. The van der Waals surface area contributed by atoms with Crippen molar-refractivity contribution in [2.24, 2.45) is 5.10 Å². The normalized spacial score (nSPS) is 10.8. The quantitative estimate of drug-likeness (QED) is 0.194. The summed E-state index contributed by atoms with van der Waals surface area (Å²) >= 11 is 15.6. The van der Waals surface area contributed by atoms with Gasteiger partial charge in [0.15, 0.2) is 11.5 Å². The zero-order valence-corrected chi connectivity index (χ0v) is 22.5. The lowest BCUT2D eigenvalue weighted by atomic mass is 10.2. The first kappa shape index (κ1) is 27.5. The number of anilines is 1. The minimum Gasteiger partial charge on any atom is -0.490 e. The molecule has 0 saturated heterocycles. The van der Waals surface area contributed by atoms with Crippen molar-refractivity contribution in [2.75, 3.05) is 11.9 Å². The number of hydrazone groups is 1. The molecule has 0 heterocycles. The van der Waals surface area contributed by atoms with Gasteiger partial charge in [0.1, 0.15) is 6.61 Å². The van der Waals surface area contributed by atoms with Crippen LogP contribution in [0.4, 0.5) is 5.69 Å². The smallest absolute Gasteiger partial charge is 0.240 e. The maximum Gasteiger partial charge on any atom is 0.240 e. The fraction of sp³-hybridized carbons (Fsp3) is 0.192. The van der Waals surface area contributed by atoms with E-state index >= 15 is 0 Å². The summed E-state index contributed by atoms with van der Waals surface area (Å²) < 4.78 is 12.4. The number of rotatable bonds is 11. The molecule has 0 bridgehead atoms. The van der Waals surface area contributed by atoms with Crippen molar-refractivity contribution in [3.8, 4) is 11.5 Å². The Balaban J connectivity index is 1.55. The van der Waals surface area contributed by atoms with E-state index in [0.717, 1.165) is 5.56 Å². The first-order valence-electron chi connectivity index (χ1n) is 11.1. The topological polar surface area (TPSA) is 89.0 Å². The molecular weight excluding hydrogens is 569 g/mol. The number of carbonyl (C=O) groups excluding carboxylic acids is 2. The molecule has 0 aliphatic carbocycles. The SMILES string of the molecule is CCOc1cc(C=NNC(=O)CCC(=O)Nc2cccc(Cl)c2)cc(Br)c1OCc1ccccc1Cl. The van der Waals surface area contributed by atoms with E-state index in [9.17, 15) is 9.59 Å². The molecule has 0 aliphatic rings. The third-order valence-corrected chi connectivity index (χ3v) is 5.94. The Bertz CT molecular complexity index is 1250. The van der Waals surface area contributed by atoms with Crippen molar-refractivity contribution in [3.63, 3.8) is 0 Å². The van der Waals surface area contributed by atoms with Crippen LogP contribution in [0.1, 0.15) is 30.9 Å². The third kappa shape index (κ3) is 8.55. The fourth-order valence-corrected chi connectivity index (χ4v) is 4.04. The van der Waals surface area contributed by atoms with Crippen LogP contribution in [0.5, 0.6) is 11.5 Å². The molecule has 3 aromatic carbocycles. The van der Waals surface area contributed by atoms with Gasteiger partial charge in [0.25, 0.3) is 0 Å². The predicted octanol–water partition coefficient (Wildman–Crippen LogP) is 6.60. The number of amides is 2. The van der Waals surface area contributed by atoms with Gasteiger partial charge in [0.2, 0.25) is 11.8 Å². The van der Waals surface area contributed by atoms with Crippen LogP contribution in [0.2, 0.25) is 10.0 Å². The van der Waals surface area contributed by atoms with Gasteiger partial charge in [0.05, 0.1) is 17.3 Å². The zero-order chi connectivity index (χ0) is 25.9. The summed E-state index contributed by atoms with van der Waals surface area (Å²) in [5, 5.41) is 7.81. The maximum atomic E-state index is 12.1. The molecule has 2 amide bonds. The van der Waals surface area contributed by atoms with Crippen molar-refractivity contribution in [1.29, 1.82) is 0 Å². The molecule has 0 saturated carbocycles. The summed E-state index contributed by atoms with van der Waals surface area (Å²) in [4.78, 5) is 24.1. The summed E-state index contributed by atoms with van der Waals surface area (Å²) in [5.41, 5.74) is 4.52. The predicted molar refractivity (Wildman–Crippen MR) is 146 cm³/mol. The zero-order valence-electron chi connectivity index (χ0n) is 19.4. The van der Waals surface area contributed by atoms with Gasteiger partial charge < -0.3 is 14.8 Å². The molecule has 0 spiro atoms. The summed E-state index contributed by atoms with van der Waals surface area (Å²) in [5.74, 6) is 0.360. The Morgan fingerprint density at radius 2 is 1.78 bits per heavy atom. The van der Waals surface area contributed by atoms with Crippen LogP contribution in [-0.2, 0) is 16.2 Å². The number of benzene rings is 3. The minimum atomic E-state index is -0.392. The molecule has 0 unspecified atom stereocenters. The highest BCUT2D eigenvalue weighted by Gasteiger charge is 2.13. The van der Waals surface area contributed by atoms with E-state index < -0.39 is 5.91 Å². The van der Waals surface area contributed by atoms with Gasteiger partial charge in [-0.2, -0.15) is 5.10 Å². The molecule has 0 atom stereocenters. The van der Waals surface area contributed by atoms with Crippen molar-refractivity contribution in [3.05, 3.63) is 86.3 Å². The largest absolute Gasteiger partial charge is 0.490 e. The van der Waals surface area contributed by atoms with Crippen LogP contribution in [0.25, 0.3) is 0 Å². The van der Waals surface area contributed by atoms with Crippen LogP contribution in [0.3, 0.4) is 0 Å². The van der Waals surface area contributed by atoms with Crippen LogP contribution in [0.15, 0.2) is 70.2 Å². The van der Waals surface area contributed by atoms with Gasteiger partial charge in [-0.25, -0.2) is 5.43 Å². The van der Waals surface area contributed by atoms with Crippen molar-refractivity contribution in [2.45, 2.75) is 26.4 Å². The Morgan fingerprint density at radius 3 is 2.53 bits per heavy atom. The molecule has 36 heavy (non-hydrogen) atoms. The first-order valence-corrected chi connectivity index (χ1v) is 12.6. The lowest BCUT2D eigenvalue weighted by molar-refractivity contribution is -0.124. The molecule has 7 nitrogen and oxygen atoms in total. The van der Waals surface area contributed by atoms with Crippen molar-refractivity contribution >= 4 is 62.8 Å². The standard InChI is InChI=1S/C26H24BrCl2N3O4/c1-2-35-23-13-17(12-21(27)26(23)36-16-18-6-3-4-9-22(18)29)15-30-32-25(34)11-10-24(33)31-20-8-5-7-19(28)14-20/h3-9,12-15H,2,10-11,16H2,1H3,(H,31,33)(H,32,34). The van der Waals surface area contributed by atoms with Crippen LogP contribution < -0.4 is 20.2 Å². The molecule has 0 radical (unpaired) electrons. The second-order valence-corrected chi connectivity index (χ2v) is 9.19. The molecule has 0 aliphatic heterocycles. The summed E-state index contributed by atoms with van der Waals surface area (Å²) in [6.45, 7) is 2.57. The van der Waals surface area contributed by atoms with E-state index in [0.29, 0.717) is 43.9 Å². The Kier molecular flexibility index (Phi) is 10.6.